The molecule has 0 spiro atoms. The molecule has 1 heterocycles. The van der Waals surface area contributed by atoms with E-state index in [1.54, 1.807) is 0 Å². The molecule has 2 rings (SSSR count). The molecule has 1 saturated carbocycles. The number of anilines is 1. The van der Waals surface area contributed by atoms with Gasteiger partial charge in [-0.2, -0.15) is 0 Å². The average molecular weight is 165 g/mol. The maximum Gasteiger partial charge on any atom is 0.197 e. The number of hydrogen-bond acceptors (Lipinski definition) is 2. The number of aromatic amines is 1. The van der Waals surface area contributed by atoms with Crippen molar-refractivity contribution in [3.05, 3.63) is 11.4 Å². The fourth-order valence-corrected chi connectivity index (χ4v) is 1.54. The van der Waals surface area contributed by atoms with Crippen molar-refractivity contribution in [2.45, 2.75) is 38.5 Å². The number of aromatic nitrogens is 2. The van der Waals surface area contributed by atoms with E-state index in [1.165, 1.54) is 18.5 Å². The number of hydrogen-bond donors (Lipinski definition) is 2. The van der Waals surface area contributed by atoms with Crippen LogP contribution >= 0.6 is 0 Å². The molecule has 0 aliphatic heterocycles. The monoisotopic (exact) mass is 165 g/mol. The molecule has 1 aliphatic carbocycles. The van der Waals surface area contributed by atoms with Crippen molar-refractivity contribution in [3.8, 4) is 0 Å². The van der Waals surface area contributed by atoms with E-state index in [9.17, 15) is 0 Å². The predicted molar refractivity (Wildman–Crippen MR) is 49.1 cm³/mol. The highest BCUT2D eigenvalue weighted by atomic mass is 15.0. The Hall–Kier alpha value is -0.990. The number of nitrogen functional groups attached to an aromatic ring is 1. The van der Waals surface area contributed by atoms with Crippen molar-refractivity contribution in [1.82, 2.24) is 9.97 Å². The van der Waals surface area contributed by atoms with E-state index in [-0.39, 0.29) is 0 Å². The highest BCUT2D eigenvalue weighted by Gasteiger charge is 2.29. The molecule has 1 aromatic rings. The molecule has 0 unspecified atom stereocenters. The SMILES string of the molecule is CC(C)c1nc(N)[nH]c1C1CC1. The topological polar surface area (TPSA) is 54.7 Å². The Kier molecular flexibility index (Phi) is 1.60. The van der Waals surface area contributed by atoms with Crippen molar-refractivity contribution in [2.24, 2.45) is 0 Å². The molecule has 12 heavy (non-hydrogen) atoms. The predicted octanol–water partition coefficient (Wildman–Crippen LogP) is 1.99. The molecule has 0 atom stereocenters. The van der Waals surface area contributed by atoms with Crippen molar-refractivity contribution >= 4 is 5.95 Å². The molecular weight excluding hydrogens is 150 g/mol. The Labute approximate surface area is 72.4 Å². The molecule has 1 fully saturated rings. The van der Waals surface area contributed by atoms with Crippen LogP contribution in [0.5, 0.6) is 0 Å². The summed E-state index contributed by atoms with van der Waals surface area (Å²) in [6.07, 6.45) is 2.59. The number of nitrogens with two attached hydrogens (primary N) is 1. The Morgan fingerprint density at radius 1 is 1.50 bits per heavy atom. The molecule has 0 amide bonds. The molecule has 0 saturated heterocycles. The lowest BCUT2D eigenvalue weighted by molar-refractivity contribution is 0.808. The van der Waals surface area contributed by atoms with Gasteiger partial charge in [0.25, 0.3) is 0 Å². The summed E-state index contributed by atoms with van der Waals surface area (Å²) >= 11 is 0. The molecule has 1 aromatic heterocycles. The number of rotatable bonds is 2. The highest BCUT2D eigenvalue weighted by molar-refractivity contribution is 5.32. The maximum atomic E-state index is 5.62. The van der Waals surface area contributed by atoms with Crippen LogP contribution in [0.15, 0.2) is 0 Å². The molecule has 3 N–H and O–H groups in total. The Morgan fingerprint density at radius 3 is 2.67 bits per heavy atom. The van der Waals surface area contributed by atoms with Gasteiger partial charge in [-0.05, 0) is 18.8 Å². The molecule has 66 valence electrons. The van der Waals surface area contributed by atoms with Crippen molar-refractivity contribution < 1.29 is 0 Å². The third kappa shape index (κ3) is 1.19. The van der Waals surface area contributed by atoms with Crippen LogP contribution in [0.4, 0.5) is 5.95 Å². The second kappa shape index (κ2) is 2.51. The zero-order valence-corrected chi connectivity index (χ0v) is 7.59. The highest BCUT2D eigenvalue weighted by Crippen LogP contribution is 2.42. The van der Waals surface area contributed by atoms with Gasteiger partial charge < -0.3 is 10.7 Å². The van der Waals surface area contributed by atoms with Gasteiger partial charge in [0, 0.05) is 11.6 Å². The number of H-pyrrole nitrogens is 1. The van der Waals surface area contributed by atoms with E-state index in [2.05, 4.69) is 23.8 Å². The van der Waals surface area contributed by atoms with Gasteiger partial charge in [-0.1, -0.05) is 13.8 Å². The van der Waals surface area contributed by atoms with Gasteiger partial charge in [0.1, 0.15) is 0 Å². The van der Waals surface area contributed by atoms with Crippen molar-refractivity contribution in [3.63, 3.8) is 0 Å². The van der Waals surface area contributed by atoms with E-state index in [0.29, 0.717) is 17.8 Å². The largest absolute Gasteiger partial charge is 0.369 e. The third-order valence-electron chi connectivity index (χ3n) is 2.31. The summed E-state index contributed by atoms with van der Waals surface area (Å²) in [6, 6.07) is 0. The smallest absolute Gasteiger partial charge is 0.197 e. The lowest BCUT2D eigenvalue weighted by Gasteiger charge is -2.02. The number of nitrogens with one attached hydrogen (secondary N) is 1. The summed E-state index contributed by atoms with van der Waals surface area (Å²) in [7, 11) is 0. The van der Waals surface area contributed by atoms with Crippen LogP contribution in [0.3, 0.4) is 0 Å². The molecular formula is C9H15N3. The van der Waals surface area contributed by atoms with Crippen molar-refractivity contribution in [1.29, 1.82) is 0 Å². The van der Waals surface area contributed by atoms with Crippen LogP contribution in [0, 0.1) is 0 Å². The van der Waals surface area contributed by atoms with E-state index < -0.39 is 0 Å². The van der Waals surface area contributed by atoms with Gasteiger partial charge in [0.15, 0.2) is 5.95 Å². The van der Waals surface area contributed by atoms with Crippen molar-refractivity contribution in [2.75, 3.05) is 5.73 Å². The van der Waals surface area contributed by atoms with Crippen LogP contribution in [0.2, 0.25) is 0 Å². The third-order valence-corrected chi connectivity index (χ3v) is 2.31. The summed E-state index contributed by atoms with van der Waals surface area (Å²) in [4.78, 5) is 7.45. The summed E-state index contributed by atoms with van der Waals surface area (Å²) < 4.78 is 0. The van der Waals surface area contributed by atoms with E-state index >= 15 is 0 Å². The minimum absolute atomic E-state index is 0.481. The van der Waals surface area contributed by atoms with Gasteiger partial charge in [-0.3, -0.25) is 0 Å². The Balaban J connectivity index is 2.36. The number of imidazole rings is 1. The molecule has 0 radical (unpaired) electrons. The summed E-state index contributed by atoms with van der Waals surface area (Å²) in [5, 5.41) is 0. The molecule has 3 nitrogen and oxygen atoms in total. The van der Waals surface area contributed by atoms with Crippen LogP contribution in [-0.2, 0) is 0 Å². The van der Waals surface area contributed by atoms with Gasteiger partial charge in [-0.25, -0.2) is 4.98 Å². The van der Waals surface area contributed by atoms with Crippen LogP contribution in [0.25, 0.3) is 0 Å². The van der Waals surface area contributed by atoms with Gasteiger partial charge in [0.05, 0.1) is 5.69 Å². The second-order valence-electron chi connectivity index (χ2n) is 3.85. The zero-order chi connectivity index (χ0) is 8.72. The molecule has 3 heteroatoms. The quantitative estimate of drug-likeness (QED) is 0.704. The summed E-state index contributed by atoms with van der Waals surface area (Å²) in [5.74, 6) is 1.77. The average Bonchev–Trinajstić information content (AvgIpc) is 2.75. The van der Waals surface area contributed by atoms with Crippen LogP contribution in [0.1, 0.15) is 49.9 Å². The first kappa shape index (κ1) is 7.65. The van der Waals surface area contributed by atoms with Crippen LogP contribution in [-0.4, -0.2) is 9.97 Å². The van der Waals surface area contributed by atoms with Gasteiger partial charge in [0.2, 0.25) is 0 Å². The minimum atomic E-state index is 0.481. The standard InChI is InChI=1S/C9H15N3/c1-5(2)7-8(6-3-4-6)12-9(10)11-7/h5-6H,3-4H2,1-2H3,(H3,10,11,12). The van der Waals surface area contributed by atoms with Gasteiger partial charge >= 0.3 is 0 Å². The second-order valence-corrected chi connectivity index (χ2v) is 3.85. The fourth-order valence-electron chi connectivity index (χ4n) is 1.54. The number of nitrogens with zero attached hydrogens (tertiary/aromatic N) is 1. The van der Waals surface area contributed by atoms with E-state index in [4.69, 9.17) is 5.73 Å². The zero-order valence-electron chi connectivity index (χ0n) is 7.59. The summed E-state index contributed by atoms with van der Waals surface area (Å²) in [6.45, 7) is 4.31. The van der Waals surface area contributed by atoms with E-state index in [1.807, 2.05) is 0 Å². The first-order valence-corrected chi connectivity index (χ1v) is 4.53. The normalized spacial score (nSPS) is 17.2. The minimum Gasteiger partial charge on any atom is -0.369 e. The lowest BCUT2D eigenvalue weighted by Crippen LogP contribution is -1.93. The fraction of sp³-hybridized carbons (Fsp3) is 0.667. The molecule has 1 aliphatic rings. The Morgan fingerprint density at radius 2 is 2.17 bits per heavy atom. The van der Waals surface area contributed by atoms with E-state index in [0.717, 1.165) is 5.69 Å². The lowest BCUT2D eigenvalue weighted by atomic mass is 10.1. The molecule has 0 bridgehead atoms. The first-order valence-electron chi connectivity index (χ1n) is 4.53. The first-order chi connectivity index (χ1) is 5.68. The molecule has 0 aromatic carbocycles. The van der Waals surface area contributed by atoms with Gasteiger partial charge in [-0.15, -0.1) is 0 Å². The summed E-state index contributed by atoms with van der Waals surface area (Å²) in [5.41, 5.74) is 8.06. The maximum absolute atomic E-state index is 5.62. The van der Waals surface area contributed by atoms with Crippen LogP contribution < -0.4 is 5.73 Å². The Bertz CT molecular complexity index is 264.